The fraction of sp³-hybridized carbons (Fsp3) is 0.0339. The first-order valence-corrected chi connectivity index (χ1v) is 21.0. The molecule has 278 valence electrons. The van der Waals surface area contributed by atoms with Gasteiger partial charge in [-0.05, 0) is 107 Å². The molecule has 10 aromatic rings. The smallest absolute Gasteiger partial charge is 0.0794 e. The number of hydrogen-bond donors (Lipinski definition) is 0. The first-order chi connectivity index (χ1) is 29.8. The van der Waals surface area contributed by atoms with Gasteiger partial charge in [0, 0.05) is 22.3 Å². The van der Waals surface area contributed by atoms with Gasteiger partial charge < -0.3 is 0 Å². The second-order valence-electron chi connectivity index (χ2n) is 16.5. The molecule has 1 atom stereocenters. The minimum Gasteiger partial charge on any atom is -0.247 e. The average Bonchev–Trinajstić information content (AvgIpc) is 3.96. The average molecular weight is 760 g/mol. The van der Waals surface area contributed by atoms with Gasteiger partial charge in [-0.2, -0.15) is 0 Å². The summed E-state index contributed by atoms with van der Waals surface area (Å²) in [6.45, 7) is 0. The van der Waals surface area contributed by atoms with Crippen molar-refractivity contribution in [2.75, 3.05) is 0 Å². The van der Waals surface area contributed by atoms with Crippen LogP contribution < -0.4 is 0 Å². The van der Waals surface area contributed by atoms with Crippen LogP contribution in [0.15, 0.2) is 212 Å². The number of para-hydroxylation sites is 1. The molecule has 0 saturated heterocycles. The Bertz CT molecular complexity index is 3380. The Morgan fingerprint density at radius 2 is 1.02 bits per heavy atom. The van der Waals surface area contributed by atoms with E-state index in [4.69, 9.17) is 4.98 Å². The van der Waals surface area contributed by atoms with Crippen LogP contribution in [0.25, 0.3) is 78.0 Å². The maximum Gasteiger partial charge on any atom is 0.0794 e. The van der Waals surface area contributed by atoms with Gasteiger partial charge >= 0.3 is 0 Å². The van der Waals surface area contributed by atoms with Gasteiger partial charge in [0.15, 0.2) is 0 Å². The lowest BCUT2D eigenvalue weighted by molar-refractivity contribution is 0.794. The van der Waals surface area contributed by atoms with Crippen LogP contribution in [0.5, 0.6) is 0 Å². The van der Waals surface area contributed by atoms with E-state index in [9.17, 15) is 0 Å². The highest BCUT2D eigenvalue weighted by atomic mass is 14.7. The molecule has 0 radical (unpaired) electrons. The highest BCUT2D eigenvalue weighted by molar-refractivity contribution is 6.19. The van der Waals surface area contributed by atoms with Crippen LogP contribution >= 0.6 is 0 Å². The number of hydrogen-bond acceptors (Lipinski definition) is 1. The van der Waals surface area contributed by atoms with Gasteiger partial charge in [0.05, 0.1) is 16.6 Å². The Morgan fingerprint density at radius 1 is 0.400 bits per heavy atom. The molecule has 60 heavy (non-hydrogen) atoms. The predicted molar refractivity (Wildman–Crippen MR) is 249 cm³/mol. The molecule has 1 unspecified atom stereocenters. The highest BCUT2D eigenvalue weighted by Crippen LogP contribution is 2.64. The molecular formula is C59H37N. The normalized spacial score (nSPS) is 15.1. The molecule has 9 aromatic carbocycles. The van der Waals surface area contributed by atoms with Gasteiger partial charge in [0.25, 0.3) is 0 Å². The third kappa shape index (κ3) is 4.55. The molecule has 1 heteroatoms. The molecule has 0 fully saturated rings. The molecule has 0 amide bonds. The van der Waals surface area contributed by atoms with E-state index >= 15 is 0 Å². The van der Waals surface area contributed by atoms with Crippen molar-refractivity contribution in [3.8, 4) is 44.6 Å². The number of benzene rings is 9. The van der Waals surface area contributed by atoms with E-state index in [2.05, 4.69) is 218 Å². The van der Waals surface area contributed by atoms with E-state index in [1.165, 1.54) is 99.6 Å². The first kappa shape index (κ1) is 33.4. The molecule has 3 aliphatic carbocycles. The van der Waals surface area contributed by atoms with Crippen LogP contribution in [-0.2, 0) is 5.41 Å². The maximum absolute atomic E-state index is 5.58. The number of aromatic nitrogens is 1. The van der Waals surface area contributed by atoms with Crippen LogP contribution in [0.1, 0.15) is 50.4 Å². The van der Waals surface area contributed by atoms with Crippen molar-refractivity contribution in [3.05, 3.63) is 257 Å². The Labute approximate surface area is 349 Å². The van der Waals surface area contributed by atoms with Gasteiger partial charge in [-0.3, -0.25) is 0 Å². The predicted octanol–water partition coefficient (Wildman–Crippen LogP) is 14.8. The number of fused-ring (bicyclic) bond motifs is 15. The topological polar surface area (TPSA) is 12.9 Å². The lowest BCUT2D eigenvalue weighted by Gasteiger charge is -2.30. The Hall–Kier alpha value is -7.61. The molecule has 1 heterocycles. The summed E-state index contributed by atoms with van der Waals surface area (Å²) in [6.07, 6.45) is 2.37. The minimum atomic E-state index is -0.421. The summed E-state index contributed by atoms with van der Waals surface area (Å²) < 4.78 is 0. The number of nitrogens with zero attached hydrogens (tertiary/aromatic N) is 1. The van der Waals surface area contributed by atoms with Gasteiger partial charge in [-0.15, -0.1) is 0 Å². The first-order valence-electron chi connectivity index (χ1n) is 21.0. The van der Waals surface area contributed by atoms with Crippen molar-refractivity contribution in [1.82, 2.24) is 4.98 Å². The van der Waals surface area contributed by atoms with Crippen LogP contribution in [0.3, 0.4) is 0 Å². The molecule has 1 aromatic heterocycles. The molecule has 1 nitrogen and oxygen atoms in total. The highest BCUT2D eigenvalue weighted by Gasteiger charge is 2.52. The van der Waals surface area contributed by atoms with Crippen molar-refractivity contribution in [1.29, 1.82) is 0 Å². The zero-order valence-electron chi connectivity index (χ0n) is 32.8. The number of rotatable bonds is 4. The SMILES string of the molecule is C1=C(c2ccccc2)C(c2ccc(-c3cccc(-c4nc5ccccc5c5ccc6c(c45)-c4ccccc4C64c5ccccc5-c5ccccc54)c3)cc2)c2ccccc21. The van der Waals surface area contributed by atoms with E-state index in [1.54, 1.807) is 0 Å². The van der Waals surface area contributed by atoms with Crippen LogP contribution in [0.2, 0.25) is 0 Å². The molecule has 0 bridgehead atoms. The molecule has 0 N–H and O–H groups in total. The van der Waals surface area contributed by atoms with Gasteiger partial charge in [0.1, 0.15) is 0 Å². The monoisotopic (exact) mass is 759 g/mol. The van der Waals surface area contributed by atoms with E-state index < -0.39 is 5.41 Å². The Balaban J connectivity index is 0.999. The summed E-state index contributed by atoms with van der Waals surface area (Å²) in [4.78, 5) is 5.58. The Morgan fingerprint density at radius 3 is 1.80 bits per heavy atom. The van der Waals surface area contributed by atoms with Crippen molar-refractivity contribution >= 4 is 33.3 Å². The van der Waals surface area contributed by atoms with Crippen molar-refractivity contribution in [2.24, 2.45) is 0 Å². The zero-order chi connectivity index (χ0) is 39.4. The zero-order valence-corrected chi connectivity index (χ0v) is 32.8. The maximum atomic E-state index is 5.58. The van der Waals surface area contributed by atoms with E-state index in [-0.39, 0.29) is 5.92 Å². The van der Waals surface area contributed by atoms with Gasteiger partial charge in [0.2, 0.25) is 0 Å². The summed E-state index contributed by atoms with van der Waals surface area (Å²) >= 11 is 0. The van der Waals surface area contributed by atoms with Crippen LogP contribution in [0.4, 0.5) is 0 Å². The van der Waals surface area contributed by atoms with E-state index in [1.807, 2.05) is 0 Å². The van der Waals surface area contributed by atoms with Crippen molar-refractivity contribution < 1.29 is 0 Å². The second-order valence-corrected chi connectivity index (χ2v) is 16.5. The van der Waals surface area contributed by atoms with E-state index in [0.717, 1.165) is 16.8 Å². The van der Waals surface area contributed by atoms with Crippen LogP contribution in [-0.4, -0.2) is 4.98 Å². The summed E-state index contributed by atoms with van der Waals surface area (Å²) in [5.41, 5.74) is 22.2. The lowest BCUT2D eigenvalue weighted by atomic mass is 9.70. The quantitative estimate of drug-likeness (QED) is 0.163. The molecule has 0 saturated carbocycles. The van der Waals surface area contributed by atoms with Crippen LogP contribution in [0, 0.1) is 0 Å². The molecule has 1 spiro atoms. The molecular weight excluding hydrogens is 723 g/mol. The third-order valence-corrected chi connectivity index (χ3v) is 13.6. The third-order valence-electron chi connectivity index (χ3n) is 13.6. The second kappa shape index (κ2) is 12.7. The Kier molecular flexibility index (Phi) is 7.06. The number of pyridine rings is 1. The summed E-state index contributed by atoms with van der Waals surface area (Å²) in [5.74, 6) is 0.184. The number of allylic oxidation sites excluding steroid dienone is 1. The van der Waals surface area contributed by atoms with Gasteiger partial charge in [-0.25, -0.2) is 4.98 Å². The minimum absolute atomic E-state index is 0.184. The molecule has 13 rings (SSSR count). The standard InChI is InChI=1S/C59H37N/c1-2-15-38(16-3-1)49-36-41-17-4-5-20-43(41)55(49)39-31-29-37(30-32-39)40-18-14-19-42(35-40)58-57-47(46-23-9-13-28-54(46)60-58)33-34-53-56(57)48-24-8-12-27-52(48)59(53)50-25-10-6-21-44(50)45-22-7-11-26-51(45)59/h1-36,55H. The summed E-state index contributed by atoms with van der Waals surface area (Å²) in [7, 11) is 0. The van der Waals surface area contributed by atoms with Crippen molar-refractivity contribution in [3.63, 3.8) is 0 Å². The lowest BCUT2D eigenvalue weighted by Crippen LogP contribution is -2.25. The summed E-state index contributed by atoms with van der Waals surface area (Å²) in [5, 5.41) is 3.62. The van der Waals surface area contributed by atoms with Crippen molar-refractivity contribution in [2.45, 2.75) is 11.3 Å². The molecule has 0 aliphatic heterocycles. The van der Waals surface area contributed by atoms with E-state index in [0.29, 0.717) is 0 Å². The fourth-order valence-electron chi connectivity index (χ4n) is 11.1. The summed E-state index contributed by atoms with van der Waals surface area (Å²) in [6, 6.07) is 78.6. The largest absolute Gasteiger partial charge is 0.247 e. The fourth-order valence-corrected chi connectivity index (χ4v) is 11.1. The van der Waals surface area contributed by atoms with Gasteiger partial charge in [-0.1, -0.05) is 200 Å². The molecule has 3 aliphatic rings.